The molecule has 0 saturated carbocycles. The Hall–Kier alpha value is -2.48. The molecule has 0 aliphatic rings. The van der Waals surface area contributed by atoms with Crippen molar-refractivity contribution in [1.29, 1.82) is 0 Å². The van der Waals surface area contributed by atoms with Crippen LogP contribution in [0.4, 0.5) is 4.79 Å². The third-order valence-corrected chi connectivity index (χ3v) is 2.67. The Labute approximate surface area is 131 Å². The number of terminal acetylenes is 1. The number of benzene rings is 1. The van der Waals surface area contributed by atoms with E-state index in [1.165, 1.54) is 0 Å². The molecular formula is C17H21NO4. The number of carbonyl (C=O) groups is 2. The molecule has 0 heterocycles. The van der Waals surface area contributed by atoms with E-state index in [0.717, 1.165) is 5.56 Å². The van der Waals surface area contributed by atoms with Gasteiger partial charge in [0.15, 0.2) is 0 Å². The summed E-state index contributed by atoms with van der Waals surface area (Å²) in [6.45, 7) is 4.24. The highest BCUT2D eigenvalue weighted by molar-refractivity contribution is 5.81. The molecule has 0 aliphatic carbocycles. The van der Waals surface area contributed by atoms with Gasteiger partial charge in [-0.3, -0.25) is 0 Å². The van der Waals surface area contributed by atoms with Gasteiger partial charge in [0.2, 0.25) is 0 Å². The summed E-state index contributed by atoms with van der Waals surface area (Å²) in [6, 6.07) is 8.35. The third kappa shape index (κ3) is 6.80. The lowest BCUT2D eigenvalue weighted by atomic mass is 10.2. The number of amides is 1. The van der Waals surface area contributed by atoms with Crippen LogP contribution in [0, 0.1) is 18.3 Å². The largest absolute Gasteiger partial charge is 0.464 e. The number of ether oxygens (including phenoxy) is 2. The predicted molar refractivity (Wildman–Crippen MR) is 82.8 cm³/mol. The van der Waals surface area contributed by atoms with Crippen molar-refractivity contribution in [2.45, 2.75) is 32.9 Å². The molecule has 0 saturated heterocycles. The average Bonchev–Trinajstić information content (AvgIpc) is 2.51. The van der Waals surface area contributed by atoms with Crippen molar-refractivity contribution in [2.75, 3.05) is 6.61 Å². The van der Waals surface area contributed by atoms with Gasteiger partial charge in [-0.15, -0.1) is 12.3 Å². The molecule has 1 aromatic rings. The first-order valence-corrected chi connectivity index (χ1v) is 7.10. The highest BCUT2D eigenvalue weighted by Crippen LogP contribution is 2.03. The number of esters is 1. The zero-order valence-corrected chi connectivity index (χ0v) is 12.9. The van der Waals surface area contributed by atoms with E-state index in [9.17, 15) is 9.59 Å². The maximum atomic E-state index is 11.9. The number of carbonyl (C=O) groups excluding carboxylic acids is 2. The zero-order valence-electron chi connectivity index (χ0n) is 12.9. The van der Waals surface area contributed by atoms with Crippen molar-refractivity contribution in [2.24, 2.45) is 5.92 Å². The van der Waals surface area contributed by atoms with Gasteiger partial charge in [0.05, 0.1) is 6.61 Å². The summed E-state index contributed by atoms with van der Waals surface area (Å²) in [7, 11) is 0. The van der Waals surface area contributed by atoms with Crippen molar-refractivity contribution < 1.29 is 19.1 Å². The van der Waals surface area contributed by atoms with E-state index in [0.29, 0.717) is 0 Å². The second-order valence-corrected chi connectivity index (χ2v) is 5.19. The Balaban J connectivity index is 2.46. The Kier molecular flexibility index (Phi) is 7.55. The van der Waals surface area contributed by atoms with E-state index >= 15 is 0 Å². The fourth-order valence-electron chi connectivity index (χ4n) is 1.57. The van der Waals surface area contributed by atoms with Crippen molar-refractivity contribution in [3.05, 3.63) is 35.9 Å². The molecule has 0 radical (unpaired) electrons. The summed E-state index contributed by atoms with van der Waals surface area (Å²) in [4.78, 5) is 23.6. The molecule has 1 aromatic carbocycles. The monoisotopic (exact) mass is 303 g/mol. The van der Waals surface area contributed by atoms with Crippen LogP contribution < -0.4 is 5.32 Å². The maximum absolute atomic E-state index is 11.9. The molecule has 1 amide bonds. The topological polar surface area (TPSA) is 64.6 Å². The molecule has 1 N–H and O–H groups in total. The van der Waals surface area contributed by atoms with Gasteiger partial charge < -0.3 is 14.8 Å². The highest BCUT2D eigenvalue weighted by Gasteiger charge is 2.22. The van der Waals surface area contributed by atoms with Crippen molar-refractivity contribution in [3.8, 4) is 12.3 Å². The number of alkyl carbamates (subject to hydrolysis) is 1. The van der Waals surface area contributed by atoms with Crippen molar-refractivity contribution in [3.63, 3.8) is 0 Å². The summed E-state index contributed by atoms with van der Waals surface area (Å²) in [5.74, 6) is 2.00. The van der Waals surface area contributed by atoms with Crippen LogP contribution in [-0.4, -0.2) is 24.7 Å². The molecule has 1 unspecified atom stereocenters. The highest BCUT2D eigenvalue weighted by atomic mass is 16.6. The third-order valence-electron chi connectivity index (χ3n) is 2.67. The first-order chi connectivity index (χ1) is 10.5. The Morgan fingerprint density at radius 2 is 1.91 bits per heavy atom. The Bertz CT molecular complexity index is 519. The quantitative estimate of drug-likeness (QED) is 0.621. The molecular weight excluding hydrogens is 282 g/mol. The van der Waals surface area contributed by atoms with E-state index in [4.69, 9.17) is 15.9 Å². The molecule has 0 fully saturated rings. The van der Waals surface area contributed by atoms with E-state index in [2.05, 4.69) is 11.2 Å². The normalized spacial score (nSPS) is 11.4. The van der Waals surface area contributed by atoms with Gasteiger partial charge in [-0.1, -0.05) is 44.2 Å². The molecule has 1 atom stereocenters. The van der Waals surface area contributed by atoms with Crippen LogP contribution >= 0.6 is 0 Å². The average molecular weight is 303 g/mol. The molecule has 22 heavy (non-hydrogen) atoms. The van der Waals surface area contributed by atoms with Crippen LogP contribution in [0.1, 0.15) is 25.8 Å². The van der Waals surface area contributed by atoms with Crippen LogP contribution in [0.15, 0.2) is 30.3 Å². The molecule has 118 valence electrons. The second kappa shape index (κ2) is 9.46. The van der Waals surface area contributed by atoms with Gasteiger partial charge in [0.25, 0.3) is 0 Å². The summed E-state index contributed by atoms with van der Waals surface area (Å²) in [5, 5.41) is 2.43. The van der Waals surface area contributed by atoms with E-state index < -0.39 is 18.1 Å². The maximum Gasteiger partial charge on any atom is 0.408 e. The van der Waals surface area contributed by atoms with Gasteiger partial charge in [-0.25, -0.2) is 9.59 Å². The summed E-state index contributed by atoms with van der Waals surface area (Å²) >= 11 is 0. The summed E-state index contributed by atoms with van der Waals surface area (Å²) in [6.07, 6.45) is 4.56. The number of rotatable bonds is 7. The Morgan fingerprint density at radius 3 is 2.50 bits per heavy atom. The van der Waals surface area contributed by atoms with Gasteiger partial charge >= 0.3 is 12.1 Å². The SMILES string of the molecule is C#CCC(NC(=O)OCc1ccccc1)C(=O)OCC(C)C. The van der Waals surface area contributed by atoms with E-state index in [1.807, 2.05) is 44.2 Å². The number of nitrogens with one attached hydrogen (secondary N) is 1. The summed E-state index contributed by atoms with van der Waals surface area (Å²) < 4.78 is 10.1. The molecule has 5 heteroatoms. The minimum Gasteiger partial charge on any atom is -0.464 e. The fraction of sp³-hybridized carbons (Fsp3) is 0.412. The van der Waals surface area contributed by atoms with Crippen LogP contribution in [-0.2, 0) is 20.9 Å². The standard InChI is InChI=1S/C17H21NO4/c1-4-8-15(16(19)21-11-13(2)3)18-17(20)22-12-14-9-6-5-7-10-14/h1,5-7,9-10,13,15H,8,11-12H2,2-3H3,(H,18,20). The molecule has 5 nitrogen and oxygen atoms in total. The Morgan fingerprint density at radius 1 is 1.23 bits per heavy atom. The lowest BCUT2D eigenvalue weighted by molar-refractivity contribution is -0.147. The number of hydrogen-bond donors (Lipinski definition) is 1. The first-order valence-electron chi connectivity index (χ1n) is 7.10. The lowest BCUT2D eigenvalue weighted by Gasteiger charge is -2.16. The van der Waals surface area contributed by atoms with Crippen LogP contribution in [0.2, 0.25) is 0 Å². The van der Waals surface area contributed by atoms with Gasteiger partial charge in [-0.2, -0.15) is 0 Å². The van der Waals surface area contributed by atoms with Crippen molar-refractivity contribution >= 4 is 12.1 Å². The van der Waals surface area contributed by atoms with Gasteiger partial charge in [-0.05, 0) is 11.5 Å². The van der Waals surface area contributed by atoms with E-state index in [-0.39, 0.29) is 25.6 Å². The summed E-state index contributed by atoms with van der Waals surface area (Å²) in [5.41, 5.74) is 0.855. The molecule has 0 bridgehead atoms. The lowest BCUT2D eigenvalue weighted by Crippen LogP contribution is -2.42. The molecule has 0 aromatic heterocycles. The molecule has 0 spiro atoms. The first kappa shape index (κ1) is 17.6. The van der Waals surface area contributed by atoms with Crippen LogP contribution in [0.3, 0.4) is 0 Å². The molecule has 1 rings (SSSR count). The smallest absolute Gasteiger partial charge is 0.408 e. The fourth-order valence-corrected chi connectivity index (χ4v) is 1.57. The van der Waals surface area contributed by atoms with E-state index in [1.54, 1.807) is 0 Å². The van der Waals surface area contributed by atoms with Crippen LogP contribution in [0.5, 0.6) is 0 Å². The second-order valence-electron chi connectivity index (χ2n) is 5.19. The predicted octanol–water partition coefficient (Wildman–Crippen LogP) is 2.50. The van der Waals surface area contributed by atoms with Gasteiger partial charge in [0.1, 0.15) is 12.6 Å². The van der Waals surface area contributed by atoms with Gasteiger partial charge in [0, 0.05) is 6.42 Å². The minimum atomic E-state index is -0.896. The zero-order chi connectivity index (χ0) is 16.4. The van der Waals surface area contributed by atoms with Crippen LogP contribution in [0.25, 0.3) is 0 Å². The number of hydrogen-bond acceptors (Lipinski definition) is 4. The molecule has 0 aliphatic heterocycles. The van der Waals surface area contributed by atoms with Crippen molar-refractivity contribution in [1.82, 2.24) is 5.32 Å². The minimum absolute atomic E-state index is 0.0529.